The van der Waals surface area contributed by atoms with Gasteiger partial charge in [-0.15, -0.1) is 22.8 Å². The minimum atomic E-state index is -1.01. The highest BCUT2D eigenvalue weighted by molar-refractivity contribution is 6.64. The third-order valence-corrected chi connectivity index (χ3v) is 11.2. The Morgan fingerprint density at radius 1 is 0.673 bits per heavy atom. The topological polar surface area (TPSA) is 15.3 Å². The van der Waals surface area contributed by atoms with E-state index in [1.807, 2.05) is 35.2 Å². The summed E-state index contributed by atoms with van der Waals surface area (Å²) in [7, 11) is 48.4. The van der Waals surface area contributed by atoms with Crippen molar-refractivity contribution in [3.05, 3.63) is 141 Å². The first-order chi connectivity index (χ1) is 25.9. The van der Waals surface area contributed by atoms with E-state index >= 15 is 0 Å². The Bertz CT molecular complexity index is 2410. The maximum atomic E-state index is 7.30. The van der Waals surface area contributed by atoms with Crippen molar-refractivity contribution in [1.82, 2.24) is 0 Å². The Labute approximate surface area is 336 Å². The number of terminal acetylenes is 1. The van der Waals surface area contributed by atoms with E-state index in [0.717, 1.165) is 50.4 Å². The van der Waals surface area contributed by atoms with Crippen molar-refractivity contribution in [3.8, 4) is 23.5 Å². The van der Waals surface area contributed by atoms with Crippen LogP contribution in [-0.4, -0.2) is 54.9 Å². The molecule has 1 spiro atoms. The molecule has 0 atom stereocenters. The lowest BCUT2D eigenvalue weighted by molar-refractivity contribution is 0.560. The molecule has 1 N–H and O–H groups in total. The van der Waals surface area contributed by atoms with E-state index in [1.165, 1.54) is 0 Å². The first-order valence-electron chi connectivity index (χ1n) is 18.4. The molecule has 2 nitrogen and oxygen atoms in total. The average molecular weight is 694 g/mol. The first-order valence-corrected chi connectivity index (χ1v) is 18.4. The zero-order valence-electron chi connectivity index (χ0n) is 32.4. The second-order valence-electron chi connectivity index (χ2n) is 16.7. The summed E-state index contributed by atoms with van der Waals surface area (Å²) in [5.74, 6) is 2.48. The number of allylic oxidation sites excluding steroid dienone is 4. The predicted molar refractivity (Wildman–Crippen MR) is 240 cm³/mol. The van der Waals surface area contributed by atoms with Crippen LogP contribution in [0.1, 0.15) is 75.8 Å². The quantitative estimate of drug-likeness (QED) is 0.195. The van der Waals surface area contributed by atoms with Crippen molar-refractivity contribution in [2.75, 3.05) is 10.2 Å². The SMILES string of the molecule is [B]/C(C#C)=C([B])/C([B])=C1\CC2(c3cc(C(C)(C)C)ccc3Nc3ccc(C(C)(C)C)cc32)c2c([B])c([B])c([B])c([B])c2N1c1ccc(-c2ccccc2)cc1. The first kappa shape index (κ1) is 38.5. The molecule has 55 heavy (non-hydrogen) atoms. The highest BCUT2D eigenvalue weighted by Crippen LogP contribution is 2.59. The van der Waals surface area contributed by atoms with Gasteiger partial charge in [0.2, 0.25) is 0 Å². The molecule has 0 saturated carbocycles. The Morgan fingerprint density at radius 2 is 1.18 bits per heavy atom. The van der Waals surface area contributed by atoms with Crippen LogP contribution < -0.4 is 32.1 Å². The van der Waals surface area contributed by atoms with Crippen molar-refractivity contribution in [1.29, 1.82) is 0 Å². The molecule has 14 radical (unpaired) electrons. The van der Waals surface area contributed by atoms with Crippen LogP contribution in [0.4, 0.5) is 22.7 Å². The lowest BCUT2D eigenvalue weighted by atomic mass is 9.53. The van der Waals surface area contributed by atoms with Gasteiger partial charge in [0.05, 0.1) is 5.41 Å². The molecular weight excluding hydrogens is 656 g/mol. The average Bonchev–Trinajstić information content (AvgIpc) is 3.17. The van der Waals surface area contributed by atoms with Gasteiger partial charge < -0.3 is 10.2 Å². The van der Waals surface area contributed by atoms with E-state index < -0.39 is 5.41 Å². The van der Waals surface area contributed by atoms with E-state index in [2.05, 4.69) is 113 Å². The Balaban J connectivity index is 1.68. The van der Waals surface area contributed by atoms with E-state index in [0.29, 0.717) is 22.4 Å². The van der Waals surface area contributed by atoms with E-state index in [-0.39, 0.29) is 50.1 Å². The van der Waals surface area contributed by atoms with Gasteiger partial charge in [0.1, 0.15) is 54.9 Å². The van der Waals surface area contributed by atoms with Crippen LogP contribution >= 0.6 is 0 Å². The van der Waals surface area contributed by atoms with Gasteiger partial charge in [-0.2, -0.15) is 0 Å². The molecule has 5 aromatic carbocycles. The third-order valence-electron chi connectivity index (χ3n) is 11.2. The van der Waals surface area contributed by atoms with E-state index in [1.54, 1.807) is 0 Å². The molecule has 7 rings (SSSR count). The van der Waals surface area contributed by atoms with Crippen molar-refractivity contribution in [2.45, 2.75) is 64.2 Å². The lowest BCUT2D eigenvalue weighted by Gasteiger charge is -2.52. The molecule has 9 heteroatoms. The van der Waals surface area contributed by atoms with Crippen LogP contribution in [0.15, 0.2) is 113 Å². The number of anilines is 4. The summed E-state index contributed by atoms with van der Waals surface area (Å²) in [6, 6.07) is 31.4. The summed E-state index contributed by atoms with van der Waals surface area (Å²) in [6.07, 6.45) is 6.09. The number of benzene rings is 5. The summed E-state index contributed by atoms with van der Waals surface area (Å²) in [6.45, 7) is 13.2. The molecule has 5 aromatic rings. The fraction of sp³-hybridized carbons (Fsp3) is 0.217. The zero-order valence-corrected chi connectivity index (χ0v) is 32.4. The maximum absolute atomic E-state index is 7.30. The number of nitrogens with zero attached hydrogens (tertiary/aromatic N) is 1. The Hall–Kier alpha value is -4.81. The smallest absolute Gasteiger partial charge is 0.125 e. The molecule has 0 bridgehead atoms. The predicted octanol–water partition coefficient (Wildman–Crippen LogP) is 5.62. The van der Waals surface area contributed by atoms with Crippen LogP contribution in [0, 0.1) is 12.3 Å². The summed E-state index contributed by atoms with van der Waals surface area (Å²) in [5, 5.41) is 3.75. The fourth-order valence-corrected chi connectivity index (χ4v) is 8.04. The van der Waals surface area contributed by atoms with E-state index in [9.17, 15) is 0 Å². The number of rotatable bonds is 3. The van der Waals surface area contributed by atoms with Crippen molar-refractivity contribution >= 4 is 99.5 Å². The summed E-state index contributed by atoms with van der Waals surface area (Å²) < 4.78 is 0. The van der Waals surface area contributed by atoms with Gasteiger partial charge in [-0.25, -0.2) is 0 Å². The van der Waals surface area contributed by atoms with Crippen LogP contribution in [0.2, 0.25) is 0 Å². The molecule has 2 heterocycles. The molecule has 2 aliphatic rings. The fourth-order valence-electron chi connectivity index (χ4n) is 8.04. The van der Waals surface area contributed by atoms with Gasteiger partial charge in [0.25, 0.3) is 0 Å². The molecule has 2 aliphatic heterocycles. The van der Waals surface area contributed by atoms with Gasteiger partial charge in [-0.3, -0.25) is 0 Å². The second-order valence-corrected chi connectivity index (χ2v) is 16.7. The van der Waals surface area contributed by atoms with Crippen molar-refractivity contribution in [3.63, 3.8) is 0 Å². The lowest BCUT2D eigenvalue weighted by Crippen LogP contribution is -2.57. The maximum Gasteiger partial charge on any atom is 0.125 e. The Morgan fingerprint density at radius 3 is 1.69 bits per heavy atom. The largest absolute Gasteiger partial charge is 0.355 e. The second kappa shape index (κ2) is 13.7. The molecule has 0 amide bonds. The standard InChI is InChI=1S/C46H37B7N2/c1-8-32(47)37(48)38(49)35-24-46(30-22-27(44(2,3)4)16-20-33(30)54-34-21-17-28(23-31(34)46)45(5,6)7)36-39(50)40(51)41(52)42(53)43(36)55(35)29-18-14-26(15-19-29)25-12-10-9-11-13-25/h1,9-23,54H,24H2,2-7H3/b37-32-,38-35-. The summed E-state index contributed by atoms with van der Waals surface area (Å²) >= 11 is 0. The molecule has 0 aromatic heterocycles. The number of hydrogen-bond donors (Lipinski definition) is 1. The highest BCUT2D eigenvalue weighted by atomic mass is 15.2. The van der Waals surface area contributed by atoms with Gasteiger partial charge >= 0.3 is 0 Å². The van der Waals surface area contributed by atoms with Crippen molar-refractivity contribution in [2.24, 2.45) is 0 Å². The summed E-state index contributed by atoms with van der Waals surface area (Å²) in [5.41, 5.74) is 10.7. The van der Waals surface area contributed by atoms with Gasteiger partial charge in [0, 0.05) is 34.9 Å². The van der Waals surface area contributed by atoms with Gasteiger partial charge in [-0.1, -0.05) is 136 Å². The molecule has 252 valence electrons. The normalized spacial score (nSPS) is 15.9. The number of nitrogens with one attached hydrogen (secondary N) is 1. The molecule has 0 fully saturated rings. The number of fused-ring (bicyclic) bond motifs is 6. The zero-order chi connectivity index (χ0) is 39.8. The molecule has 0 unspecified atom stereocenters. The molecule has 0 saturated heterocycles. The monoisotopic (exact) mass is 694 g/mol. The minimum Gasteiger partial charge on any atom is -0.355 e. The van der Waals surface area contributed by atoms with Crippen molar-refractivity contribution < 1.29 is 0 Å². The van der Waals surface area contributed by atoms with E-state index in [4.69, 9.17) is 61.3 Å². The highest BCUT2D eigenvalue weighted by Gasteiger charge is 2.51. The molecule has 0 aliphatic carbocycles. The minimum absolute atomic E-state index is 0.0182. The van der Waals surface area contributed by atoms with Crippen LogP contribution in [-0.2, 0) is 16.2 Å². The van der Waals surface area contributed by atoms with Crippen LogP contribution in [0.5, 0.6) is 0 Å². The molecular formula is C46H37B7N2. The number of hydrogen-bond acceptors (Lipinski definition) is 2. The van der Waals surface area contributed by atoms with Crippen LogP contribution in [0.3, 0.4) is 0 Å². The van der Waals surface area contributed by atoms with Gasteiger partial charge in [0.15, 0.2) is 0 Å². The Kier molecular flexibility index (Phi) is 9.61. The van der Waals surface area contributed by atoms with Gasteiger partial charge in [-0.05, 0) is 74.0 Å². The summed E-state index contributed by atoms with van der Waals surface area (Å²) in [4.78, 5) is 1.99. The van der Waals surface area contributed by atoms with Crippen LogP contribution in [0.25, 0.3) is 11.1 Å². The third kappa shape index (κ3) is 6.27.